The Hall–Kier alpha value is -0.450. The molecule has 0 aromatic heterocycles. The SMILES string of the molecule is CC1CC(OCc2cc(F)cc(Br)c2)CC(C)O1. The van der Waals surface area contributed by atoms with Crippen LogP contribution in [-0.4, -0.2) is 18.3 Å². The molecule has 4 heteroatoms. The molecule has 2 unspecified atom stereocenters. The Morgan fingerprint density at radius 3 is 2.56 bits per heavy atom. The molecule has 1 aliphatic heterocycles. The number of hydrogen-bond acceptors (Lipinski definition) is 2. The van der Waals surface area contributed by atoms with Crippen LogP contribution in [0.15, 0.2) is 22.7 Å². The fourth-order valence-corrected chi connectivity index (χ4v) is 2.90. The molecule has 0 amide bonds. The number of hydrogen-bond donors (Lipinski definition) is 0. The van der Waals surface area contributed by atoms with Gasteiger partial charge in [-0.05, 0) is 50.5 Å². The first kappa shape index (κ1) is 14.0. The molecule has 1 fully saturated rings. The van der Waals surface area contributed by atoms with Crippen LogP contribution < -0.4 is 0 Å². The summed E-state index contributed by atoms with van der Waals surface area (Å²) in [7, 11) is 0. The summed E-state index contributed by atoms with van der Waals surface area (Å²) >= 11 is 3.28. The summed E-state index contributed by atoms with van der Waals surface area (Å²) in [5.74, 6) is -0.239. The van der Waals surface area contributed by atoms with Crippen LogP contribution >= 0.6 is 15.9 Å². The second-order valence-electron chi connectivity index (χ2n) is 4.94. The van der Waals surface area contributed by atoms with Gasteiger partial charge in [-0.2, -0.15) is 0 Å². The lowest BCUT2D eigenvalue weighted by atomic mass is 10.0. The fraction of sp³-hybridized carbons (Fsp3) is 0.571. The molecule has 2 nitrogen and oxygen atoms in total. The zero-order valence-corrected chi connectivity index (χ0v) is 12.2. The number of rotatable bonds is 3. The van der Waals surface area contributed by atoms with Crippen LogP contribution in [0.25, 0.3) is 0 Å². The summed E-state index contributed by atoms with van der Waals surface area (Å²) in [6.07, 6.45) is 2.48. The van der Waals surface area contributed by atoms with Gasteiger partial charge in [-0.3, -0.25) is 0 Å². The van der Waals surface area contributed by atoms with E-state index in [1.807, 2.05) is 6.07 Å². The van der Waals surface area contributed by atoms with E-state index in [0.717, 1.165) is 22.9 Å². The van der Waals surface area contributed by atoms with Crippen molar-refractivity contribution in [2.75, 3.05) is 0 Å². The molecule has 0 saturated carbocycles. The first-order valence-corrected chi connectivity index (χ1v) is 7.04. The third kappa shape index (κ3) is 4.04. The van der Waals surface area contributed by atoms with E-state index < -0.39 is 0 Å². The molecule has 1 saturated heterocycles. The predicted octanol–water partition coefficient (Wildman–Crippen LogP) is 4.06. The lowest BCUT2D eigenvalue weighted by Crippen LogP contribution is -2.33. The maximum atomic E-state index is 13.2. The van der Waals surface area contributed by atoms with E-state index in [9.17, 15) is 4.39 Å². The minimum absolute atomic E-state index is 0.200. The van der Waals surface area contributed by atoms with Crippen LogP contribution in [0.3, 0.4) is 0 Å². The fourth-order valence-electron chi connectivity index (χ4n) is 2.39. The summed E-state index contributed by atoms with van der Waals surface area (Å²) in [5, 5.41) is 0. The second kappa shape index (κ2) is 6.13. The second-order valence-corrected chi connectivity index (χ2v) is 5.86. The quantitative estimate of drug-likeness (QED) is 0.837. The standard InChI is InChI=1S/C14H18BrFO2/c1-9-3-14(4-10(2)18-9)17-8-11-5-12(15)7-13(16)6-11/h5-7,9-10,14H,3-4,8H2,1-2H3. The van der Waals surface area contributed by atoms with Crippen LogP contribution in [0.2, 0.25) is 0 Å². The molecule has 2 rings (SSSR count). The Balaban J connectivity index is 1.90. The average molecular weight is 317 g/mol. The molecule has 1 aliphatic rings. The Labute approximate surface area is 116 Å². The van der Waals surface area contributed by atoms with Gasteiger partial charge < -0.3 is 9.47 Å². The van der Waals surface area contributed by atoms with Gasteiger partial charge in [0.2, 0.25) is 0 Å². The molecule has 0 radical (unpaired) electrons. The third-order valence-electron chi connectivity index (χ3n) is 3.06. The van der Waals surface area contributed by atoms with E-state index in [-0.39, 0.29) is 24.1 Å². The van der Waals surface area contributed by atoms with Crippen LogP contribution in [-0.2, 0) is 16.1 Å². The minimum atomic E-state index is -0.239. The highest BCUT2D eigenvalue weighted by Crippen LogP contribution is 2.23. The molecule has 1 aromatic carbocycles. The van der Waals surface area contributed by atoms with Gasteiger partial charge in [0, 0.05) is 4.47 Å². The molecule has 1 aromatic rings. The third-order valence-corrected chi connectivity index (χ3v) is 3.52. The Morgan fingerprint density at radius 2 is 1.94 bits per heavy atom. The van der Waals surface area contributed by atoms with E-state index in [1.54, 1.807) is 0 Å². The topological polar surface area (TPSA) is 18.5 Å². The lowest BCUT2D eigenvalue weighted by Gasteiger charge is -2.32. The molecule has 0 spiro atoms. The van der Waals surface area contributed by atoms with Gasteiger partial charge in [-0.1, -0.05) is 15.9 Å². The van der Waals surface area contributed by atoms with Crippen molar-refractivity contribution in [3.05, 3.63) is 34.1 Å². The van der Waals surface area contributed by atoms with E-state index in [1.165, 1.54) is 12.1 Å². The van der Waals surface area contributed by atoms with E-state index in [2.05, 4.69) is 29.8 Å². The van der Waals surface area contributed by atoms with E-state index >= 15 is 0 Å². The summed E-state index contributed by atoms with van der Waals surface area (Å²) in [4.78, 5) is 0. The monoisotopic (exact) mass is 316 g/mol. The highest BCUT2D eigenvalue weighted by Gasteiger charge is 2.24. The molecular weight excluding hydrogens is 299 g/mol. The summed E-state index contributed by atoms with van der Waals surface area (Å²) in [6.45, 7) is 4.57. The summed E-state index contributed by atoms with van der Waals surface area (Å²) in [5.41, 5.74) is 0.855. The van der Waals surface area contributed by atoms with Gasteiger partial charge >= 0.3 is 0 Å². The van der Waals surface area contributed by atoms with Gasteiger partial charge in [0.1, 0.15) is 5.82 Å². The summed E-state index contributed by atoms with van der Waals surface area (Å²) in [6, 6.07) is 4.84. The van der Waals surface area contributed by atoms with Crippen molar-refractivity contribution in [1.29, 1.82) is 0 Å². The van der Waals surface area contributed by atoms with Crippen LogP contribution in [0.5, 0.6) is 0 Å². The Morgan fingerprint density at radius 1 is 1.28 bits per heavy atom. The highest BCUT2D eigenvalue weighted by molar-refractivity contribution is 9.10. The normalized spacial score (nSPS) is 28.3. The Bertz CT molecular complexity index is 381. The van der Waals surface area contributed by atoms with Crippen LogP contribution in [0, 0.1) is 5.82 Å². The molecule has 0 bridgehead atoms. The zero-order chi connectivity index (χ0) is 13.1. The molecule has 100 valence electrons. The van der Waals surface area contributed by atoms with Crippen LogP contribution in [0.4, 0.5) is 4.39 Å². The molecule has 2 atom stereocenters. The van der Waals surface area contributed by atoms with Gasteiger partial charge in [0.25, 0.3) is 0 Å². The lowest BCUT2D eigenvalue weighted by molar-refractivity contribution is -0.106. The zero-order valence-electron chi connectivity index (χ0n) is 10.7. The van der Waals surface area contributed by atoms with Gasteiger partial charge in [-0.25, -0.2) is 4.39 Å². The van der Waals surface area contributed by atoms with Crippen molar-refractivity contribution in [2.45, 2.75) is 51.6 Å². The van der Waals surface area contributed by atoms with E-state index in [4.69, 9.17) is 9.47 Å². The van der Waals surface area contributed by atoms with Crippen LogP contribution in [0.1, 0.15) is 32.3 Å². The van der Waals surface area contributed by atoms with E-state index in [0.29, 0.717) is 6.61 Å². The largest absolute Gasteiger partial charge is 0.375 e. The summed E-state index contributed by atoms with van der Waals surface area (Å²) < 4.78 is 25.5. The Kier molecular flexibility index (Phi) is 4.76. The number of halogens is 2. The van der Waals surface area contributed by atoms with Crippen molar-refractivity contribution < 1.29 is 13.9 Å². The first-order valence-electron chi connectivity index (χ1n) is 6.25. The molecule has 1 heterocycles. The van der Waals surface area contributed by atoms with Gasteiger partial charge in [-0.15, -0.1) is 0 Å². The van der Waals surface area contributed by atoms with Gasteiger partial charge in [0.15, 0.2) is 0 Å². The number of ether oxygens (including phenoxy) is 2. The average Bonchev–Trinajstić information content (AvgIpc) is 2.23. The van der Waals surface area contributed by atoms with Crippen molar-refractivity contribution in [1.82, 2.24) is 0 Å². The molecule has 0 N–H and O–H groups in total. The van der Waals surface area contributed by atoms with Crippen molar-refractivity contribution >= 4 is 15.9 Å². The maximum Gasteiger partial charge on any atom is 0.124 e. The minimum Gasteiger partial charge on any atom is -0.375 e. The van der Waals surface area contributed by atoms with Crippen molar-refractivity contribution in [3.8, 4) is 0 Å². The number of benzene rings is 1. The maximum absolute atomic E-state index is 13.2. The van der Waals surface area contributed by atoms with Gasteiger partial charge in [0.05, 0.1) is 24.9 Å². The molecule has 18 heavy (non-hydrogen) atoms. The molecule has 0 aliphatic carbocycles. The highest BCUT2D eigenvalue weighted by atomic mass is 79.9. The smallest absolute Gasteiger partial charge is 0.124 e. The first-order chi connectivity index (χ1) is 8.52. The van der Waals surface area contributed by atoms with Crippen molar-refractivity contribution in [3.63, 3.8) is 0 Å². The molecular formula is C14H18BrFO2. The van der Waals surface area contributed by atoms with Crippen molar-refractivity contribution in [2.24, 2.45) is 0 Å². The predicted molar refractivity (Wildman–Crippen MR) is 71.9 cm³/mol.